The minimum absolute atomic E-state index is 0.184. The first kappa shape index (κ1) is 17.4. The van der Waals surface area contributed by atoms with Crippen molar-refractivity contribution in [2.24, 2.45) is 0 Å². The molecule has 132 valence electrons. The zero-order valence-electron chi connectivity index (χ0n) is 13.7. The van der Waals surface area contributed by atoms with Gasteiger partial charge in [0.25, 0.3) is 17.7 Å². The van der Waals surface area contributed by atoms with E-state index in [1.165, 1.54) is 13.3 Å². The van der Waals surface area contributed by atoms with Gasteiger partial charge in [-0.3, -0.25) is 14.4 Å². The third-order valence-corrected chi connectivity index (χ3v) is 4.46. The van der Waals surface area contributed by atoms with Gasteiger partial charge in [0.1, 0.15) is 0 Å². The predicted molar refractivity (Wildman–Crippen MR) is 98.8 cm³/mol. The molecule has 0 unspecified atom stereocenters. The molecule has 2 aromatic heterocycles. The van der Waals surface area contributed by atoms with E-state index in [-0.39, 0.29) is 17.6 Å². The number of rotatable bonds is 5. The summed E-state index contributed by atoms with van der Waals surface area (Å²) in [7, 11) is 1.52. The normalized spacial score (nSPS) is 10.2. The van der Waals surface area contributed by atoms with Crippen LogP contribution in [0.5, 0.6) is 0 Å². The molecule has 26 heavy (non-hydrogen) atoms. The molecule has 3 aromatic rings. The van der Waals surface area contributed by atoms with Crippen molar-refractivity contribution in [2.75, 3.05) is 17.7 Å². The summed E-state index contributed by atoms with van der Waals surface area (Å²) in [5.74, 6) is -0.874. The van der Waals surface area contributed by atoms with E-state index in [1.807, 2.05) is 0 Å². The Morgan fingerprint density at radius 3 is 2.42 bits per heavy atom. The highest BCUT2D eigenvalue weighted by Gasteiger charge is 2.16. The van der Waals surface area contributed by atoms with E-state index in [2.05, 4.69) is 16.0 Å². The lowest BCUT2D eigenvalue weighted by Gasteiger charge is -2.09. The summed E-state index contributed by atoms with van der Waals surface area (Å²) in [5.41, 5.74) is 0.776. The molecule has 0 aliphatic carbocycles. The van der Waals surface area contributed by atoms with Crippen LogP contribution in [0.15, 0.2) is 59.2 Å². The molecule has 0 spiro atoms. The standard InChI is InChI=1S/C18H15N3O4S/c1-19-16(22)11-5-2-3-6-12(11)20-18(24)14-8-9-15(26-14)21-17(23)13-7-4-10-25-13/h2-10H,1H3,(H,19,22)(H,20,24)(H,21,23). The van der Waals surface area contributed by atoms with Gasteiger partial charge in [0.2, 0.25) is 0 Å². The van der Waals surface area contributed by atoms with Crippen molar-refractivity contribution in [3.63, 3.8) is 0 Å². The van der Waals surface area contributed by atoms with Gasteiger partial charge >= 0.3 is 0 Å². The number of benzene rings is 1. The van der Waals surface area contributed by atoms with E-state index in [4.69, 9.17) is 4.42 Å². The predicted octanol–water partition coefficient (Wildman–Crippen LogP) is 3.21. The first-order valence-electron chi connectivity index (χ1n) is 7.65. The molecule has 3 amide bonds. The van der Waals surface area contributed by atoms with Crippen molar-refractivity contribution in [3.8, 4) is 0 Å². The smallest absolute Gasteiger partial charge is 0.291 e. The number of hydrogen-bond donors (Lipinski definition) is 3. The average molecular weight is 369 g/mol. The highest BCUT2D eigenvalue weighted by molar-refractivity contribution is 7.18. The zero-order valence-corrected chi connectivity index (χ0v) is 14.6. The number of amides is 3. The van der Waals surface area contributed by atoms with Crippen LogP contribution in [0.2, 0.25) is 0 Å². The third kappa shape index (κ3) is 3.81. The molecule has 7 nitrogen and oxygen atoms in total. The van der Waals surface area contributed by atoms with Crippen LogP contribution < -0.4 is 16.0 Å². The maximum Gasteiger partial charge on any atom is 0.291 e. The van der Waals surface area contributed by atoms with Gasteiger partial charge in [-0.05, 0) is 36.4 Å². The van der Waals surface area contributed by atoms with Crippen LogP contribution in [0.25, 0.3) is 0 Å². The maximum atomic E-state index is 12.4. The van der Waals surface area contributed by atoms with E-state index in [9.17, 15) is 14.4 Å². The van der Waals surface area contributed by atoms with Crippen molar-refractivity contribution >= 4 is 39.7 Å². The van der Waals surface area contributed by atoms with Crippen LogP contribution in [0, 0.1) is 0 Å². The fourth-order valence-corrected chi connectivity index (χ4v) is 3.01. The number of furan rings is 1. The lowest BCUT2D eigenvalue weighted by molar-refractivity contribution is 0.0962. The first-order chi connectivity index (χ1) is 12.6. The van der Waals surface area contributed by atoms with Gasteiger partial charge in [0, 0.05) is 7.05 Å². The minimum atomic E-state index is -0.395. The lowest BCUT2D eigenvalue weighted by Crippen LogP contribution is -2.21. The number of nitrogens with one attached hydrogen (secondary N) is 3. The van der Waals surface area contributed by atoms with Crippen molar-refractivity contribution in [3.05, 3.63) is 71.0 Å². The fraction of sp³-hybridized carbons (Fsp3) is 0.0556. The Kier molecular flexibility index (Phi) is 5.14. The van der Waals surface area contributed by atoms with Crippen LogP contribution in [0.1, 0.15) is 30.6 Å². The summed E-state index contributed by atoms with van der Waals surface area (Å²) in [6.07, 6.45) is 1.41. The van der Waals surface area contributed by atoms with Gasteiger partial charge in [-0.15, -0.1) is 11.3 Å². The maximum absolute atomic E-state index is 12.4. The summed E-state index contributed by atoms with van der Waals surface area (Å²) < 4.78 is 5.02. The van der Waals surface area contributed by atoms with E-state index in [0.29, 0.717) is 21.1 Å². The van der Waals surface area contributed by atoms with Crippen molar-refractivity contribution < 1.29 is 18.8 Å². The fourth-order valence-electron chi connectivity index (χ4n) is 2.22. The molecule has 8 heteroatoms. The molecule has 0 saturated heterocycles. The SMILES string of the molecule is CNC(=O)c1ccccc1NC(=O)c1ccc(NC(=O)c2ccco2)s1. The molecule has 0 saturated carbocycles. The summed E-state index contributed by atoms with van der Waals surface area (Å²) in [6, 6.07) is 13.1. The van der Waals surface area contributed by atoms with Crippen LogP contribution in [-0.2, 0) is 0 Å². The van der Waals surface area contributed by atoms with Gasteiger partial charge in [-0.25, -0.2) is 0 Å². The van der Waals surface area contributed by atoms with Crippen LogP contribution >= 0.6 is 11.3 Å². The Labute approximate surface area is 153 Å². The Morgan fingerprint density at radius 2 is 1.69 bits per heavy atom. The molecule has 0 atom stereocenters. The quantitative estimate of drug-likeness (QED) is 0.643. The van der Waals surface area contributed by atoms with Crippen molar-refractivity contribution in [2.45, 2.75) is 0 Å². The molecule has 0 aliphatic heterocycles. The molecule has 0 aliphatic rings. The highest BCUT2D eigenvalue weighted by atomic mass is 32.1. The number of para-hydroxylation sites is 1. The number of thiophene rings is 1. The minimum Gasteiger partial charge on any atom is -0.459 e. The highest BCUT2D eigenvalue weighted by Crippen LogP contribution is 2.24. The molecule has 3 rings (SSSR count). The Balaban J connectivity index is 1.71. The number of anilines is 2. The van der Waals surface area contributed by atoms with Gasteiger partial charge in [0.05, 0.1) is 27.4 Å². The topological polar surface area (TPSA) is 100 Å². The van der Waals surface area contributed by atoms with Gasteiger partial charge in [-0.1, -0.05) is 12.1 Å². The molecule has 1 aromatic carbocycles. The second-order valence-electron chi connectivity index (χ2n) is 5.17. The Bertz CT molecular complexity index is 947. The molecule has 3 N–H and O–H groups in total. The van der Waals surface area contributed by atoms with Gasteiger partial charge in [0.15, 0.2) is 5.76 Å². The van der Waals surface area contributed by atoms with E-state index in [0.717, 1.165) is 11.3 Å². The number of carbonyl (C=O) groups excluding carboxylic acids is 3. The average Bonchev–Trinajstić information content (AvgIpc) is 3.33. The summed E-state index contributed by atoms with van der Waals surface area (Å²) in [6.45, 7) is 0. The van der Waals surface area contributed by atoms with Crippen LogP contribution in [0.3, 0.4) is 0 Å². The van der Waals surface area contributed by atoms with Gasteiger partial charge in [-0.2, -0.15) is 0 Å². The zero-order chi connectivity index (χ0) is 18.5. The van der Waals surface area contributed by atoms with Gasteiger partial charge < -0.3 is 20.4 Å². The Hall–Kier alpha value is -3.39. The summed E-state index contributed by atoms with van der Waals surface area (Å²) in [4.78, 5) is 36.7. The monoisotopic (exact) mass is 369 g/mol. The van der Waals surface area contributed by atoms with E-state index >= 15 is 0 Å². The number of hydrogen-bond acceptors (Lipinski definition) is 5. The van der Waals surface area contributed by atoms with E-state index < -0.39 is 5.91 Å². The molecule has 0 bridgehead atoms. The first-order valence-corrected chi connectivity index (χ1v) is 8.47. The molecule has 0 radical (unpaired) electrons. The third-order valence-electron chi connectivity index (χ3n) is 3.46. The molecular weight excluding hydrogens is 354 g/mol. The van der Waals surface area contributed by atoms with E-state index in [1.54, 1.807) is 48.5 Å². The molecular formula is C18H15N3O4S. The van der Waals surface area contributed by atoms with Crippen LogP contribution in [0.4, 0.5) is 10.7 Å². The molecule has 2 heterocycles. The van der Waals surface area contributed by atoms with Crippen molar-refractivity contribution in [1.29, 1.82) is 0 Å². The van der Waals surface area contributed by atoms with Crippen LogP contribution in [-0.4, -0.2) is 24.8 Å². The second-order valence-corrected chi connectivity index (χ2v) is 6.26. The van der Waals surface area contributed by atoms with Crippen molar-refractivity contribution in [1.82, 2.24) is 5.32 Å². The second kappa shape index (κ2) is 7.66. The molecule has 0 fully saturated rings. The largest absolute Gasteiger partial charge is 0.459 e. The lowest BCUT2D eigenvalue weighted by atomic mass is 10.1. The number of carbonyl (C=O) groups is 3. The summed E-state index contributed by atoms with van der Waals surface area (Å²) in [5, 5.41) is 8.42. The summed E-state index contributed by atoms with van der Waals surface area (Å²) >= 11 is 1.12. The Morgan fingerprint density at radius 1 is 0.885 bits per heavy atom.